The second-order valence-corrected chi connectivity index (χ2v) is 3.40. The lowest BCUT2D eigenvalue weighted by atomic mass is 9.92. The molecule has 0 radical (unpaired) electrons. The van der Waals surface area contributed by atoms with Crippen molar-refractivity contribution in [2.45, 2.75) is 25.0 Å². The maximum Gasteiger partial charge on any atom is 0.172 e. The van der Waals surface area contributed by atoms with E-state index in [1.54, 1.807) is 5.94 Å². The zero-order valence-corrected chi connectivity index (χ0v) is 7.14. The minimum Gasteiger partial charge on any atom is -0.365 e. The molecule has 0 bridgehead atoms. The van der Waals surface area contributed by atoms with Crippen molar-refractivity contribution in [1.82, 2.24) is 0 Å². The SMILES string of the molecule is O=C=CCC1CCC(O)(O)C1C=O. The van der Waals surface area contributed by atoms with Gasteiger partial charge in [0.25, 0.3) is 0 Å². The molecular formula is C9H12O4. The Morgan fingerprint density at radius 3 is 2.77 bits per heavy atom. The lowest BCUT2D eigenvalue weighted by Crippen LogP contribution is -2.35. The van der Waals surface area contributed by atoms with Crippen LogP contribution in [0.2, 0.25) is 0 Å². The Hall–Kier alpha value is -0.960. The van der Waals surface area contributed by atoms with Crippen LogP contribution < -0.4 is 0 Å². The molecule has 2 unspecified atom stereocenters. The predicted octanol–water partition coefficient (Wildman–Crippen LogP) is -0.330. The van der Waals surface area contributed by atoms with Crippen molar-refractivity contribution in [1.29, 1.82) is 0 Å². The van der Waals surface area contributed by atoms with Gasteiger partial charge in [-0.25, -0.2) is 4.79 Å². The van der Waals surface area contributed by atoms with E-state index in [4.69, 9.17) is 0 Å². The summed E-state index contributed by atoms with van der Waals surface area (Å²) >= 11 is 0. The number of aliphatic hydroxyl groups is 2. The van der Waals surface area contributed by atoms with E-state index in [1.165, 1.54) is 6.08 Å². The minimum absolute atomic E-state index is 0.144. The van der Waals surface area contributed by atoms with E-state index in [1.807, 2.05) is 0 Å². The monoisotopic (exact) mass is 184 g/mol. The largest absolute Gasteiger partial charge is 0.365 e. The summed E-state index contributed by atoms with van der Waals surface area (Å²) in [5.41, 5.74) is 0. The van der Waals surface area contributed by atoms with Crippen LogP contribution in [0.3, 0.4) is 0 Å². The Labute approximate surface area is 75.9 Å². The predicted molar refractivity (Wildman–Crippen MR) is 44.3 cm³/mol. The summed E-state index contributed by atoms with van der Waals surface area (Å²) < 4.78 is 0. The van der Waals surface area contributed by atoms with Crippen LogP contribution in [0.5, 0.6) is 0 Å². The van der Waals surface area contributed by atoms with Crippen molar-refractivity contribution in [3.8, 4) is 0 Å². The molecule has 0 aliphatic heterocycles. The van der Waals surface area contributed by atoms with Gasteiger partial charge in [0.05, 0.1) is 5.92 Å². The van der Waals surface area contributed by atoms with Crippen LogP contribution in [-0.4, -0.2) is 28.2 Å². The summed E-state index contributed by atoms with van der Waals surface area (Å²) in [7, 11) is 0. The van der Waals surface area contributed by atoms with Crippen LogP contribution in [0.15, 0.2) is 6.08 Å². The Kier molecular flexibility index (Phi) is 2.98. The number of hydrogen-bond donors (Lipinski definition) is 2. The highest BCUT2D eigenvalue weighted by Crippen LogP contribution is 2.39. The van der Waals surface area contributed by atoms with Crippen molar-refractivity contribution in [3.63, 3.8) is 0 Å². The molecule has 0 amide bonds. The molecular weight excluding hydrogens is 172 g/mol. The molecule has 13 heavy (non-hydrogen) atoms. The van der Waals surface area contributed by atoms with Gasteiger partial charge in [-0.05, 0) is 18.8 Å². The van der Waals surface area contributed by atoms with Gasteiger partial charge in [-0.2, -0.15) is 0 Å². The molecule has 1 fully saturated rings. The summed E-state index contributed by atoms with van der Waals surface area (Å²) in [4.78, 5) is 20.5. The molecule has 1 aliphatic rings. The topological polar surface area (TPSA) is 74.6 Å². The van der Waals surface area contributed by atoms with Gasteiger partial charge in [0.15, 0.2) is 5.79 Å². The fourth-order valence-corrected chi connectivity index (χ4v) is 1.81. The van der Waals surface area contributed by atoms with Crippen LogP contribution >= 0.6 is 0 Å². The quantitative estimate of drug-likeness (QED) is 0.358. The van der Waals surface area contributed by atoms with Gasteiger partial charge in [0.2, 0.25) is 0 Å². The van der Waals surface area contributed by atoms with E-state index < -0.39 is 11.7 Å². The molecule has 4 heteroatoms. The third-order valence-electron chi connectivity index (χ3n) is 2.58. The first-order valence-electron chi connectivity index (χ1n) is 4.21. The summed E-state index contributed by atoms with van der Waals surface area (Å²) in [6, 6.07) is 0. The number of carbonyl (C=O) groups is 1. The zero-order valence-electron chi connectivity index (χ0n) is 7.14. The molecule has 1 rings (SSSR count). The van der Waals surface area contributed by atoms with E-state index in [2.05, 4.69) is 0 Å². The van der Waals surface area contributed by atoms with Gasteiger partial charge in [0.1, 0.15) is 12.2 Å². The Morgan fingerprint density at radius 1 is 1.54 bits per heavy atom. The number of carbonyl (C=O) groups excluding carboxylic acids is 2. The normalized spacial score (nSPS) is 30.9. The first-order chi connectivity index (χ1) is 6.11. The molecule has 4 nitrogen and oxygen atoms in total. The van der Waals surface area contributed by atoms with Crippen LogP contribution in [0.1, 0.15) is 19.3 Å². The average molecular weight is 184 g/mol. The van der Waals surface area contributed by atoms with Crippen molar-refractivity contribution >= 4 is 12.2 Å². The number of allylic oxidation sites excluding steroid dienone is 1. The van der Waals surface area contributed by atoms with E-state index >= 15 is 0 Å². The Bertz CT molecular complexity index is 240. The van der Waals surface area contributed by atoms with Crippen LogP contribution in [0.4, 0.5) is 0 Å². The third-order valence-corrected chi connectivity index (χ3v) is 2.58. The van der Waals surface area contributed by atoms with Crippen molar-refractivity contribution in [2.75, 3.05) is 0 Å². The fraction of sp³-hybridized carbons (Fsp3) is 0.667. The van der Waals surface area contributed by atoms with Gasteiger partial charge in [-0.3, -0.25) is 0 Å². The molecule has 0 spiro atoms. The van der Waals surface area contributed by atoms with Gasteiger partial charge in [0, 0.05) is 12.5 Å². The second-order valence-electron chi connectivity index (χ2n) is 3.40. The highest BCUT2D eigenvalue weighted by Gasteiger charge is 2.45. The number of rotatable bonds is 3. The van der Waals surface area contributed by atoms with Crippen LogP contribution in [0, 0.1) is 11.8 Å². The van der Waals surface area contributed by atoms with Gasteiger partial charge >= 0.3 is 0 Å². The standard InChI is InChI=1S/C9H12O4/c10-5-1-2-7-3-4-9(12,13)8(7)6-11/h1,6-8,12-13H,2-4H2. The first kappa shape index (κ1) is 10.1. The van der Waals surface area contributed by atoms with Crippen LogP contribution in [-0.2, 0) is 9.59 Å². The highest BCUT2D eigenvalue weighted by molar-refractivity contribution is 5.57. The van der Waals surface area contributed by atoms with Crippen molar-refractivity contribution < 1.29 is 19.8 Å². The number of hydrogen-bond acceptors (Lipinski definition) is 4. The first-order valence-corrected chi connectivity index (χ1v) is 4.21. The van der Waals surface area contributed by atoms with Gasteiger partial charge < -0.3 is 15.0 Å². The molecule has 0 saturated heterocycles. The lowest BCUT2D eigenvalue weighted by Gasteiger charge is -2.21. The molecule has 0 aromatic rings. The van der Waals surface area contributed by atoms with Crippen molar-refractivity contribution in [3.05, 3.63) is 6.08 Å². The molecule has 2 N–H and O–H groups in total. The highest BCUT2D eigenvalue weighted by atomic mass is 16.5. The maximum atomic E-state index is 10.6. The molecule has 1 saturated carbocycles. The fourth-order valence-electron chi connectivity index (χ4n) is 1.81. The van der Waals surface area contributed by atoms with E-state index in [-0.39, 0.29) is 12.3 Å². The Balaban J connectivity index is 2.68. The molecule has 0 aromatic carbocycles. The molecule has 72 valence electrons. The van der Waals surface area contributed by atoms with Crippen molar-refractivity contribution in [2.24, 2.45) is 11.8 Å². The minimum atomic E-state index is -1.89. The zero-order chi connectivity index (χ0) is 9.90. The van der Waals surface area contributed by atoms with Gasteiger partial charge in [-0.15, -0.1) is 0 Å². The average Bonchev–Trinajstić information content (AvgIpc) is 2.37. The molecule has 1 aliphatic carbocycles. The molecule has 0 heterocycles. The second kappa shape index (κ2) is 3.83. The smallest absolute Gasteiger partial charge is 0.172 e. The van der Waals surface area contributed by atoms with E-state index in [0.717, 1.165) is 0 Å². The summed E-state index contributed by atoms with van der Waals surface area (Å²) in [6.45, 7) is 0. The molecule has 2 atom stereocenters. The summed E-state index contributed by atoms with van der Waals surface area (Å²) in [5.74, 6) is -1.20. The number of aldehydes is 1. The molecule has 0 aromatic heterocycles. The summed E-state index contributed by atoms with van der Waals surface area (Å²) in [5, 5.41) is 18.7. The van der Waals surface area contributed by atoms with Gasteiger partial charge in [-0.1, -0.05) is 0 Å². The Morgan fingerprint density at radius 2 is 2.23 bits per heavy atom. The summed E-state index contributed by atoms with van der Waals surface area (Å²) in [6.07, 6.45) is 2.96. The maximum absolute atomic E-state index is 10.6. The van der Waals surface area contributed by atoms with E-state index in [9.17, 15) is 19.8 Å². The third kappa shape index (κ3) is 2.04. The van der Waals surface area contributed by atoms with Crippen LogP contribution in [0.25, 0.3) is 0 Å². The lowest BCUT2D eigenvalue weighted by molar-refractivity contribution is -0.186. The van der Waals surface area contributed by atoms with E-state index in [0.29, 0.717) is 19.1 Å².